The molecule has 106 valence electrons. The zero-order valence-corrected chi connectivity index (χ0v) is 10.3. The quantitative estimate of drug-likeness (QED) is 0.637. The molecule has 7 N–H and O–H groups in total. The molecule has 0 radical (unpaired) electrons. The molecule has 0 saturated heterocycles. The molecule has 7 heteroatoms. The second-order valence-corrected chi connectivity index (χ2v) is 4.28. The fourth-order valence-corrected chi connectivity index (χ4v) is 1.76. The van der Waals surface area contributed by atoms with Crippen LogP contribution in [0.4, 0.5) is 41.6 Å². The van der Waals surface area contributed by atoms with Crippen LogP contribution in [0, 0.1) is 0 Å². The van der Waals surface area contributed by atoms with Crippen LogP contribution in [0.15, 0.2) is 36.4 Å². The number of nitrogen functional groups attached to an aromatic ring is 3. The molecule has 0 bridgehead atoms. The van der Waals surface area contributed by atoms with Crippen molar-refractivity contribution in [3.8, 4) is 0 Å². The maximum Gasteiger partial charge on any atom is 0.418 e. The number of alkyl halides is 3. The zero-order chi connectivity index (χ0) is 14.9. The number of hydrogen-bond acceptors (Lipinski definition) is 4. The number of nitrogens with two attached hydrogens (primary N) is 3. The molecule has 0 aliphatic heterocycles. The highest BCUT2D eigenvalue weighted by molar-refractivity contribution is 5.80. The third kappa shape index (κ3) is 2.87. The van der Waals surface area contributed by atoms with Crippen molar-refractivity contribution in [3.63, 3.8) is 0 Å². The molecule has 0 unspecified atom stereocenters. The lowest BCUT2D eigenvalue weighted by Crippen LogP contribution is -2.11. The summed E-state index contributed by atoms with van der Waals surface area (Å²) in [6, 6.07) is 8.38. The first-order valence-corrected chi connectivity index (χ1v) is 5.66. The largest absolute Gasteiger partial charge is 0.418 e. The van der Waals surface area contributed by atoms with Crippen LogP contribution in [0.3, 0.4) is 0 Å². The summed E-state index contributed by atoms with van der Waals surface area (Å²) in [4.78, 5) is 0. The van der Waals surface area contributed by atoms with Gasteiger partial charge in [0.1, 0.15) is 0 Å². The van der Waals surface area contributed by atoms with Crippen LogP contribution in [-0.4, -0.2) is 0 Å². The van der Waals surface area contributed by atoms with Crippen molar-refractivity contribution in [2.45, 2.75) is 6.18 Å². The molecule has 0 heterocycles. The molecule has 0 aromatic heterocycles. The normalized spacial score (nSPS) is 11.3. The molecule has 0 atom stereocenters. The van der Waals surface area contributed by atoms with E-state index in [1.807, 2.05) is 0 Å². The summed E-state index contributed by atoms with van der Waals surface area (Å²) in [5, 5.41) is 2.65. The van der Waals surface area contributed by atoms with E-state index >= 15 is 0 Å². The Bertz CT molecular complexity index is 621. The Morgan fingerprint density at radius 1 is 0.850 bits per heavy atom. The van der Waals surface area contributed by atoms with Crippen molar-refractivity contribution in [2.75, 3.05) is 22.5 Å². The molecule has 2 rings (SSSR count). The third-order valence-corrected chi connectivity index (χ3v) is 2.68. The SMILES string of the molecule is Nc1ccc(Nc2c(N)cc(N)cc2C(F)(F)F)cc1. The average Bonchev–Trinajstić information content (AvgIpc) is 2.33. The lowest BCUT2D eigenvalue weighted by Gasteiger charge is -2.17. The average molecular weight is 282 g/mol. The molecule has 0 amide bonds. The summed E-state index contributed by atoms with van der Waals surface area (Å²) in [7, 11) is 0. The Morgan fingerprint density at radius 2 is 1.45 bits per heavy atom. The lowest BCUT2D eigenvalue weighted by molar-refractivity contribution is -0.136. The van der Waals surface area contributed by atoms with Gasteiger partial charge in [-0.15, -0.1) is 0 Å². The van der Waals surface area contributed by atoms with Gasteiger partial charge in [0.25, 0.3) is 0 Å². The van der Waals surface area contributed by atoms with Gasteiger partial charge in [-0.2, -0.15) is 13.2 Å². The molecule has 2 aromatic carbocycles. The van der Waals surface area contributed by atoms with Gasteiger partial charge in [0.2, 0.25) is 0 Å². The van der Waals surface area contributed by atoms with E-state index in [0.29, 0.717) is 11.4 Å². The fourth-order valence-electron chi connectivity index (χ4n) is 1.76. The van der Waals surface area contributed by atoms with Crippen molar-refractivity contribution < 1.29 is 13.2 Å². The minimum absolute atomic E-state index is 0.0438. The van der Waals surface area contributed by atoms with Crippen molar-refractivity contribution in [3.05, 3.63) is 42.0 Å². The Hall–Kier alpha value is -2.57. The predicted molar refractivity (Wildman–Crippen MR) is 74.4 cm³/mol. The van der Waals surface area contributed by atoms with E-state index in [-0.39, 0.29) is 17.1 Å². The lowest BCUT2D eigenvalue weighted by atomic mass is 10.1. The first-order valence-electron chi connectivity index (χ1n) is 5.66. The number of benzene rings is 2. The minimum Gasteiger partial charge on any atom is -0.399 e. The van der Waals surface area contributed by atoms with E-state index in [1.54, 1.807) is 24.3 Å². The topological polar surface area (TPSA) is 90.1 Å². The Labute approximate surface area is 113 Å². The second-order valence-electron chi connectivity index (χ2n) is 4.28. The van der Waals surface area contributed by atoms with Crippen LogP contribution in [0.25, 0.3) is 0 Å². The maximum absolute atomic E-state index is 13.0. The van der Waals surface area contributed by atoms with Gasteiger partial charge >= 0.3 is 6.18 Å². The molecule has 20 heavy (non-hydrogen) atoms. The van der Waals surface area contributed by atoms with Gasteiger partial charge in [0.05, 0.1) is 16.9 Å². The van der Waals surface area contributed by atoms with E-state index in [2.05, 4.69) is 5.32 Å². The molecule has 0 saturated carbocycles. The van der Waals surface area contributed by atoms with Crippen molar-refractivity contribution >= 4 is 28.4 Å². The van der Waals surface area contributed by atoms with Gasteiger partial charge in [0.15, 0.2) is 0 Å². The van der Waals surface area contributed by atoms with E-state index in [9.17, 15) is 13.2 Å². The van der Waals surface area contributed by atoms with Gasteiger partial charge in [-0.25, -0.2) is 0 Å². The summed E-state index contributed by atoms with van der Waals surface area (Å²) in [6.07, 6.45) is -4.56. The van der Waals surface area contributed by atoms with Gasteiger partial charge < -0.3 is 22.5 Å². The smallest absolute Gasteiger partial charge is 0.399 e. The van der Waals surface area contributed by atoms with E-state index in [4.69, 9.17) is 17.2 Å². The Morgan fingerprint density at radius 3 is 2.00 bits per heavy atom. The first-order chi connectivity index (χ1) is 9.27. The van der Waals surface area contributed by atoms with Crippen LogP contribution < -0.4 is 22.5 Å². The van der Waals surface area contributed by atoms with Gasteiger partial charge in [-0.1, -0.05) is 0 Å². The van der Waals surface area contributed by atoms with E-state index in [0.717, 1.165) is 6.07 Å². The summed E-state index contributed by atoms with van der Waals surface area (Å²) >= 11 is 0. The van der Waals surface area contributed by atoms with Gasteiger partial charge in [-0.05, 0) is 36.4 Å². The number of hydrogen-bond donors (Lipinski definition) is 4. The van der Waals surface area contributed by atoms with Crippen LogP contribution >= 0.6 is 0 Å². The highest BCUT2D eigenvalue weighted by Crippen LogP contribution is 2.40. The van der Waals surface area contributed by atoms with Gasteiger partial charge in [0, 0.05) is 17.1 Å². The monoisotopic (exact) mass is 282 g/mol. The summed E-state index contributed by atoms with van der Waals surface area (Å²) in [5.74, 6) is 0. The molecular weight excluding hydrogens is 269 g/mol. The molecule has 0 aliphatic carbocycles. The van der Waals surface area contributed by atoms with Crippen LogP contribution in [0.5, 0.6) is 0 Å². The Balaban J connectivity index is 2.47. The number of nitrogens with one attached hydrogen (secondary N) is 1. The second kappa shape index (κ2) is 4.84. The zero-order valence-electron chi connectivity index (χ0n) is 10.3. The highest BCUT2D eigenvalue weighted by atomic mass is 19.4. The summed E-state index contributed by atoms with van der Waals surface area (Å²) < 4.78 is 39.0. The Kier molecular flexibility index (Phi) is 3.35. The van der Waals surface area contributed by atoms with Crippen molar-refractivity contribution in [1.82, 2.24) is 0 Å². The summed E-state index contributed by atoms with van der Waals surface area (Å²) in [6.45, 7) is 0. The fraction of sp³-hybridized carbons (Fsp3) is 0.0769. The molecular formula is C13H13F3N4. The molecule has 4 nitrogen and oxygen atoms in total. The number of halogens is 3. The highest BCUT2D eigenvalue weighted by Gasteiger charge is 2.34. The predicted octanol–water partition coefficient (Wildman–Crippen LogP) is 3.20. The minimum atomic E-state index is -4.56. The molecule has 0 aliphatic rings. The van der Waals surface area contributed by atoms with Crippen molar-refractivity contribution in [1.29, 1.82) is 0 Å². The number of anilines is 5. The maximum atomic E-state index is 13.0. The van der Waals surface area contributed by atoms with Crippen LogP contribution in [0.2, 0.25) is 0 Å². The molecule has 0 fully saturated rings. The van der Waals surface area contributed by atoms with E-state index in [1.165, 1.54) is 6.07 Å². The first kappa shape index (κ1) is 13.9. The van der Waals surface area contributed by atoms with Gasteiger partial charge in [-0.3, -0.25) is 0 Å². The van der Waals surface area contributed by atoms with Crippen LogP contribution in [-0.2, 0) is 6.18 Å². The van der Waals surface area contributed by atoms with Crippen LogP contribution in [0.1, 0.15) is 5.56 Å². The van der Waals surface area contributed by atoms with E-state index < -0.39 is 11.7 Å². The standard InChI is InChI=1S/C13H13F3N4/c14-13(15,16)10-5-8(18)6-11(19)12(10)20-9-3-1-7(17)2-4-9/h1-6,20H,17-19H2. The number of rotatable bonds is 2. The molecule has 0 spiro atoms. The van der Waals surface area contributed by atoms with Crippen molar-refractivity contribution in [2.24, 2.45) is 0 Å². The third-order valence-electron chi connectivity index (χ3n) is 2.68. The summed E-state index contributed by atoms with van der Waals surface area (Å²) in [5.41, 5.74) is 16.3. The molecule has 2 aromatic rings.